The second-order valence-corrected chi connectivity index (χ2v) is 4.70. The van der Waals surface area contributed by atoms with Gasteiger partial charge in [0, 0.05) is 6.07 Å². The Morgan fingerprint density at radius 2 is 1.95 bits per heavy atom. The van der Waals surface area contributed by atoms with E-state index in [9.17, 15) is 4.79 Å². The molecule has 108 valence electrons. The van der Waals surface area contributed by atoms with Gasteiger partial charge < -0.3 is 14.5 Å². The molecule has 1 N–H and O–H groups in total. The van der Waals surface area contributed by atoms with Crippen LogP contribution in [0.3, 0.4) is 0 Å². The van der Waals surface area contributed by atoms with Gasteiger partial charge in [0.2, 0.25) is 0 Å². The number of aromatic amines is 1. The van der Waals surface area contributed by atoms with Crippen molar-refractivity contribution >= 4 is 22.6 Å². The molecule has 0 radical (unpaired) electrons. The van der Waals surface area contributed by atoms with Gasteiger partial charge in [-0.1, -0.05) is 11.6 Å². The van der Waals surface area contributed by atoms with Crippen molar-refractivity contribution in [1.82, 2.24) is 14.5 Å². The van der Waals surface area contributed by atoms with Crippen LogP contribution >= 0.6 is 11.6 Å². The van der Waals surface area contributed by atoms with Gasteiger partial charge in [-0.2, -0.15) is 0 Å². The maximum Gasteiger partial charge on any atom is 0.260 e. The number of fused-ring (bicyclic) bond motifs is 1. The first-order valence-corrected chi connectivity index (χ1v) is 6.50. The van der Waals surface area contributed by atoms with Gasteiger partial charge in [0.05, 0.1) is 31.6 Å². The van der Waals surface area contributed by atoms with E-state index in [1.807, 2.05) is 6.07 Å². The lowest BCUT2D eigenvalue weighted by Gasteiger charge is -2.11. The van der Waals surface area contributed by atoms with Crippen LogP contribution in [0.5, 0.6) is 11.5 Å². The van der Waals surface area contributed by atoms with Crippen molar-refractivity contribution in [2.45, 2.75) is 0 Å². The number of hydrogen-bond acceptors (Lipinski definition) is 4. The fourth-order valence-electron chi connectivity index (χ4n) is 2.20. The summed E-state index contributed by atoms with van der Waals surface area (Å²) in [5.74, 6) is 1.18. The maximum absolute atomic E-state index is 11.8. The highest BCUT2D eigenvalue weighted by atomic mass is 35.5. The molecule has 2 heterocycles. The molecule has 0 aliphatic carbocycles. The van der Waals surface area contributed by atoms with E-state index in [2.05, 4.69) is 9.97 Å². The lowest BCUT2D eigenvalue weighted by molar-refractivity contribution is 0.355. The third kappa shape index (κ3) is 2.13. The third-order valence-corrected chi connectivity index (χ3v) is 3.46. The van der Waals surface area contributed by atoms with Crippen LogP contribution in [0.4, 0.5) is 0 Å². The van der Waals surface area contributed by atoms with Crippen molar-refractivity contribution < 1.29 is 9.47 Å². The number of benzene rings is 1. The van der Waals surface area contributed by atoms with Crippen LogP contribution in [-0.4, -0.2) is 28.8 Å². The Morgan fingerprint density at radius 3 is 2.67 bits per heavy atom. The first-order valence-electron chi connectivity index (χ1n) is 6.12. The normalized spacial score (nSPS) is 10.8. The Morgan fingerprint density at radius 1 is 1.19 bits per heavy atom. The quantitative estimate of drug-likeness (QED) is 0.806. The highest BCUT2D eigenvalue weighted by Crippen LogP contribution is 2.32. The molecule has 3 aromatic rings. The van der Waals surface area contributed by atoms with Gasteiger partial charge in [0.15, 0.2) is 17.1 Å². The number of H-pyrrole nitrogens is 1. The molecule has 3 rings (SSSR count). The van der Waals surface area contributed by atoms with Crippen molar-refractivity contribution in [3.63, 3.8) is 0 Å². The lowest BCUT2D eigenvalue weighted by Crippen LogP contribution is -2.06. The van der Waals surface area contributed by atoms with E-state index in [0.717, 1.165) is 5.69 Å². The van der Waals surface area contributed by atoms with E-state index in [4.69, 9.17) is 21.1 Å². The third-order valence-electron chi connectivity index (χ3n) is 3.18. The van der Waals surface area contributed by atoms with Crippen molar-refractivity contribution in [2.24, 2.45) is 0 Å². The van der Waals surface area contributed by atoms with E-state index in [-0.39, 0.29) is 5.56 Å². The summed E-state index contributed by atoms with van der Waals surface area (Å²) in [6.45, 7) is 0. The van der Waals surface area contributed by atoms with Crippen LogP contribution in [0.25, 0.3) is 16.7 Å². The fourth-order valence-corrected chi connectivity index (χ4v) is 2.49. The predicted octanol–water partition coefficient (Wildman–Crippen LogP) is 2.38. The molecule has 0 atom stereocenters. The highest BCUT2D eigenvalue weighted by Gasteiger charge is 2.14. The number of aromatic nitrogens is 3. The predicted molar refractivity (Wildman–Crippen MR) is 79.8 cm³/mol. The molecule has 0 aliphatic heterocycles. The second kappa shape index (κ2) is 5.14. The van der Waals surface area contributed by atoms with E-state index in [1.165, 1.54) is 6.33 Å². The van der Waals surface area contributed by atoms with E-state index >= 15 is 0 Å². The van der Waals surface area contributed by atoms with Crippen LogP contribution in [-0.2, 0) is 0 Å². The van der Waals surface area contributed by atoms with Crippen LogP contribution in [0.1, 0.15) is 0 Å². The number of methoxy groups -OCH3 is 2. The molecule has 0 bridgehead atoms. The van der Waals surface area contributed by atoms with Crippen LogP contribution in [0.15, 0.2) is 35.4 Å². The second-order valence-electron chi connectivity index (χ2n) is 4.31. The molecular formula is C14H12ClN3O3. The molecule has 0 aliphatic rings. The van der Waals surface area contributed by atoms with Gasteiger partial charge in [0.1, 0.15) is 5.15 Å². The Balaban J connectivity index is 2.28. The number of nitrogens with zero attached hydrogens (tertiary/aromatic N) is 2. The Hall–Kier alpha value is -2.47. The molecular weight excluding hydrogens is 294 g/mol. The molecule has 0 saturated carbocycles. The van der Waals surface area contributed by atoms with Crippen LogP contribution < -0.4 is 15.0 Å². The number of nitrogens with one attached hydrogen (secondary N) is 1. The van der Waals surface area contributed by atoms with Crippen LogP contribution in [0, 0.1) is 0 Å². The Labute approximate surface area is 124 Å². The molecule has 0 spiro atoms. The van der Waals surface area contributed by atoms with Gasteiger partial charge in [-0.25, -0.2) is 4.98 Å². The minimum absolute atomic E-state index is 0.235. The molecule has 6 nitrogen and oxygen atoms in total. The van der Waals surface area contributed by atoms with Crippen molar-refractivity contribution in [1.29, 1.82) is 0 Å². The monoisotopic (exact) mass is 305 g/mol. The molecule has 0 saturated heterocycles. The van der Waals surface area contributed by atoms with E-state index in [1.54, 1.807) is 37.0 Å². The average molecular weight is 306 g/mol. The number of hydrogen-bond donors (Lipinski definition) is 1. The Kier molecular flexibility index (Phi) is 3.31. The summed E-state index contributed by atoms with van der Waals surface area (Å²) in [5, 5.41) is 0.818. The molecule has 0 fully saturated rings. The highest BCUT2D eigenvalue weighted by molar-refractivity contribution is 6.31. The zero-order chi connectivity index (χ0) is 15.0. The topological polar surface area (TPSA) is 69.1 Å². The number of ether oxygens (including phenoxy) is 2. The minimum Gasteiger partial charge on any atom is -0.493 e. The zero-order valence-corrected chi connectivity index (χ0v) is 12.1. The van der Waals surface area contributed by atoms with Gasteiger partial charge >= 0.3 is 0 Å². The summed E-state index contributed by atoms with van der Waals surface area (Å²) in [7, 11) is 3.12. The van der Waals surface area contributed by atoms with Gasteiger partial charge in [0.25, 0.3) is 5.56 Å². The molecule has 2 aromatic heterocycles. The number of halogens is 1. The first-order chi connectivity index (χ1) is 10.2. The van der Waals surface area contributed by atoms with Gasteiger partial charge in [-0.3, -0.25) is 9.36 Å². The summed E-state index contributed by atoms with van der Waals surface area (Å²) in [6, 6.07) is 6.94. The first kappa shape index (κ1) is 13.5. The summed E-state index contributed by atoms with van der Waals surface area (Å²) >= 11 is 6.24. The summed E-state index contributed by atoms with van der Waals surface area (Å²) < 4.78 is 12.2. The maximum atomic E-state index is 11.8. The van der Waals surface area contributed by atoms with Crippen molar-refractivity contribution in [3.8, 4) is 17.2 Å². The van der Waals surface area contributed by atoms with E-state index in [0.29, 0.717) is 27.7 Å². The lowest BCUT2D eigenvalue weighted by atomic mass is 10.2. The smallest absolute Gasteiger partial charge is 0.260 e. The molecule has 7 heteroatoms. The van der Waals surface area contributed by atoms with Crippen molar-refractivity contribution in [2.75, 3.05) is 14.2 Å². The number of rotatable bonds is 3. The SMILES string of the molecule is COc1ccc(-n2c(Cl)cc3c(=O)[nH]cnc32)cc1OC. The van der Waals surface area contributed by atoms with Gasteiger partial charge in [-0.15, -0.1) is 0 Å². The van der Waals surface area contributed by atoms with Crippen LogP contribution in [0.2, 0.25) is 5.15 Å². The molecule has 1 aromatic carbocycles. The largest absolute Gasteiger partial charge is 0.493 e. The van der Waals surface area contributed by atoms with E-state index < -0.39 is 0 Å². The minimum atomic E-state index is -0.235. The van der Waals surface area contributed by atoms with Crippen molar-refractivity contribution in [3.05, 3.63) is 46.1 Å². The summed E-state index contributed by atoms with van der Waals surface area (Å²) in [6.07, 6.45) is 1.35. The fraction of sp³-hybridized carbons (Fsp3) is 0.143. The molecule has 0 amide bonds. The summed E-state index contributed by atoms with van der Waals surface area (Å²) in [5.41, 5.74) is 0.975. The standard InChI is InChI=1S/C14H12ClN3O3/c1-20-10-4-3-8(5-11(10)21-2)18-12(15)6-9-13(18)16-7-17-14(9)19/h3-7H,1-2H3,(H,16,17,19). The molecule has 21 heavy (non-hydrogen) atoms. The Bertz CT molecular complexity index is 870. The molecule has 0 unspecified atom stereocenters. The average Bonchev–Trinajstić information content (AvgIpc) is 2.84. The zero-order valence-electron chi connectivity index (χ0n) is 11.4. The summed E-state index contributed by atoms with van der Waals surface area (Å²) in [4.78, 5) is 18.5. The van der Waals surface area contributed by atoms with Gasteiger partial charge in [-0.05, 0) is 18.2 Å².